The number of benzene rings is 1. The Morgan fingerprint density at radius 1 is 1.11 bits per heavy atom. The molecule has 0 aliphatic carbocycles. The van der Waals surface area contributed by atoms with Crippen LogP contribution in [0.2, 0.25) is 0 Å². The summed E-state index contributed by atoms with van der Waals surface area (Å²) in [6.07, 6.45) is 5.95. The highest BCUT2D eigenvalue weighted by Gasteiger charge is 2.17. The van der Waals surface area contributed by atoms with Crippen LogP contribution in [0.25, 0.3) is 11.4 Å². The third kappa shape index (κ3) is 3.66. The summed E-state index contributed by atoms with van der Waals surface area (Å²) in [5.41, 5.74) is 1.01. The molecule has 0 spiro atoms. The Hall–Kier alpha value is -1.64. The summed E-state index contributed by atoms with van der Waals surface area (Å²) in [5, 5.41) is 4.10. The molecule has 0 amide bonds. The SMILES string of the molecule is CCCCCC(CC)c1nc(-c2ccccc2)no1. The fourth-order valence-electron chi connectivity index (χ4n) is 2.25. The monoisotopic (exact) mass is 258 g/mol. The van der Waals surface area contributed by atoms with Crippen LogP contribution < -0.4 is 0 Å². The van der Waals surface area contributed by atoms with Crippen LogP contribution in [0, 0.1) is 0 Å². The van der Waals surface area contributed by atoms with E-state index in [1.807, 2.05) is 30.3 Å². The van der Waals surface area contributed by atoms with Crippen molar-refractivity contribution in [1.82, 2.24) is 10.1 Å². The quantitative estimate of drug-likeness (QED) is 0.669. The van der Waals surface area contributed by atoms with E-state index in [-0.39, 0.29) is 0 Å². The molecule has 0 aliphatic rings. The van der Waals surface area contributed by atoms with Crippen molar-refractivity contribution in [2.75, 3.05) is 0 Å². The van der Waals surface area contributed by atoms with Gasteiger partial charge in [-0.2, -0.15) is 4.98 Å². The summed E-state index contributed by atoms with van der Waals surface area (Å²) >= 11 is 0. The predicted octanol–water partition coefficient (Wildman–Crippen LogP) is 4.81. The minimum atomic E-state index is 0.400. The Morgan fingerprint density at radius 3 is 2.58 bits per heavy atom. The van der Waals surface area contributed by atoms with Crippen molar-refractivity contribution in [3.05, 3.63) is 36.2 Å². The van der Waals surface area contributed by atoms with Gasteiger partial charge < -0.3 is 4.52 Å². The second kappa shape index (κ2) is 7.07. The first-order chi connectivity index (χ1) is 9.35. The molecule has 3 nitrogen and oxygen atoms in total. The number of unbranched alkanes of at least 4 members (excludes halogenated alkanes) is 2. The van der Waals surface area contributed by atoms with Crippen LogP contribution >= 0.6 is 0 Å². The van der Waals surface area contributed by atoms with Gasteiger partial charge in [0, 0.05) is 11.5 Å². The summed E-state index contributed by atoms with van der Waals surface area (Å²) in [7, 11) is 0. The van der Waals surface area contributed by atoms with Gasteiger partial charge in [0.2, 0.25) is 11.7 Å². The molecule has 1 aromatic heterocycles. The van der Waals surface area contributed by atoms with Gasteiger partial charge in [0.05, 0.1) is 0 Å². The average Bonchev–Trinajstić information content (AvgIpc) is 2.94. The summed E-state index contributed by atoms with van der Waals surface area (Å²) < 4.78 is 5.44. The molecule has 1 heterocycles. The molecule has 3 heteroatoms. The van der Waals surface area contributed by atoms with E-state index in [4.69, 9.17) is 4.52 Å². The Balaban J connectivity index is 2.06. The molecule has 0 bridgehead atoms. The minimum Gasteiger partial charge on any atom is -0.339 e. The van der Waals surface area contributed by atoms with E-state index in [0.29, 0.717) is 11.7 Å². The molecule has 1 atom stereocenters. The van der Waals surface area contributed by atoms with Gasteiger partial charge in [-0.15, -0.1) is 0 Å². The Kier molecular flexibility index (Phi) is 5.13. The molecular weight excluding hydrogens is 236 g/mol. The van der Waals surface area contributed by atoms with Crippen molar-refractivity contribution in [3.8, 4) is 11.4 Å². The predicted molar refractivity (Wildman–Crippen MR) is 76.9 cm³/mol. The van der Waals surface area contributed by atoms with Gasteiger partial charge in [0.1, 0.15) is 0 Å². The lowest BCUT2D eigenvalue weighted by molar-refractivity contribution is 0.339. The maximum absolute atomic E-state index is 5.44. The average molecular weight is 258 g/mol. The number of rotatable bonds is 7. The van der Waals surface area contributed by atoms with E-state index in [0.717, 1.165) is 24.3 Å². The zero-order chi connectivity index (χ0) is 13.5. The number of hydrogen-bond donors (Lipinski definition) is 0. The smallest absolute Gasteiger partial charge is 0.230 e. The zero-order valence-corrected chi connectivity index (χ0v) is 11.8. The van der Waals surface area contributed by atoms with E-state index in [1.165, 1.54) is 19.3 Å². The molecule has 0 N–H and O–H groups in total. The van der Waals surface area contributed by atoms with Crippen LogP contribution in [-0.4, -0.2) is 10.1 Å². The Bertz CT molecular complexity index is 479. The van der Waals surface area contributed by atoms with E-state index < -0.39 is 0 Å². The van der Waals surface area contributed by atoms with Gasteiger partial charge in [-0.1, -0.05) is 68.6 Å². The topological polar surface area (TPSA) is 38.9 Å². The summed E-state index contributed by atoms with van der Waals surface area (Å²) in [5.74, 6) is 1.89. The molecule has 1 unspecified atom stereocenters. The van der Waals surface area contributed by atoms with Crippen molar-refractivity contribution in [3.63, 3.8) is 0 Å². The normalized spacial score (nSPS) is 12.5. The van der Waals surface area contributed by atoms with E-state index in [9.17, 15) is 0 Å². The van der Waals surface area contributed by atoms with Crippen molar-refractivity contribution in [2.45, 2.75) is 51.9 Å². The third-order valence-corrected chi connectivity index (χ3v) is 3.47. The highest BCUT2D eigenvalue weighted by Crippen LogP contribution is 2.26. The highest BCUT2D eigenvalue weighted by atomic mass is 16.5. The van der Waals surface area contributed by atoms with Crippen LogP contribution in [0.5, 0.6) is 0 Å². The van der Waals surface area contributed by atoms with Gasteiger partial charge in [0.25, 0.3) is 0 Å². The second-order valence-corrected chi connectivity index (χ2v) is 4.92. The number of hydrogen-bond acceptors (Lipinski definition) is 3. The lowest BCUT2D eigenvalue weighted by Crippen LogP contribution is -1.98. The lowest BCUT2D eigenvalue weighted by atomic mass is 9.98. The summed E-state index contributed by atoms with van der Waals surface area (Å²) in [6, 6.07) is 9.98. The van der Waals surface area contributed by atoms with Crippen molar-refractivity contribution in [2.24, 2.45) is 0 Å². The highest BCUT2D eigenvalue weighted by molar-refractivity contribution is 5.53. The van der Waals surface area contributed by atoms with Crippen LogP contribution in [0.4, 0.5) is 0 Å². The first-order valence-corrected chi connectivity index (χ1v) is 7.24. The molecule has 0 fully saturated rings. The van der Waals surface area contributed by atoms with Gasteiger partial charge in [-0.3, -0.25) is 0 Å². The van der Waals surface area contributed by atoms with E-state index in [1.54, 1.807) is 0 Å². The van der Waals surface area contributed by atoms with Crippen molar-refractivity contribution >= 4 is 0 Å². The van der Waals surface area contributed by atoms with Crippen LogP contribution in [-0.2, 0) is 0 Å². The number of nitrogens with zero attached hydrogens (tertiary/aromatic N) is 2. The fraction of sp³-hybridized carbons (Fsp3) is 0.500. The zero-order valence-electron chi connectivity index (χ0n) is 11.8. The Morgan fingerprint density at radius 2 is 1.89 bits per heavy atom. The number of aromatic nitrogens is 2. The maximum atomic E-state index is 5.44. The van der Waals surface area contributed by atoms with E-state index in [2.05, 4.69) is 24.0 Å². The molecule has 2 rings (SSSR count). The molecule has 0 saturated heterocycles. The first-order valence-electron chi connectivity index (χ1n) is 7.24. The maximum Gasteiger partial charge on any atom is 0.230 e. The molecule has 1 aromatic carbocycles. The van der Waals surface area contributed by atoms with Gasteiger partial charge >= 0.3 is 0 Å². The van der Waals surface area contributed by atoms with Crippen molar-refractivity contribution in [1.29, 1.82) is 0 Å². The van der Waals surface area contributed by atoms with Gasteiger partial charge in [-0.25, -0.2) is 0 Å². The third-order valence-electron chi connectivity index (χ3n) is 3.47. The molecule has 19 heavy (non-hydrogen) atoms. The molecule has 102 valence electrons. The summed E-state index contributed by atoms with van der Waals surface area (Å²) in [4.78, 5) is 4.55. The second-order valence-electron chi connectivity index (χ2n) is 4.92. The Labute approximate surface area is 115 Å². The first kappa shape index (κ1) is 13.8. The molecule has 0 aliphatic heterocycles. The molecule has 0 radical (unpaired) electrons. The van der Waals surface area contributed by atoms with Crippen LogP contribution in [0.1, 0.15) is 57.8 Å². The fourth-order valence-corrected chi connectivity index (χ4v) is 2.25. The largest absolute Gasteiger partial charge is 0.339 e. The summed E-state index contributed by atoms with van der Waals surface area (Å²) in [6.45, 7) is 4.41. The van der Waals surface area contributed by atoms with Crippen LogP contribution in [0.3, 0.4) is 0 Å². The van der Waals surface area contributed by atoms with Gasteiger partial charge in [0.15, 0.2) is 0 Å². The van der Waals surface area contributed by atoms with Crippen LogP contribution in [0.15, 0.2) is 34.9 Å². The minimum absolute atomic E-state index is 0.400. The molecule has 2 aromatic rings. The van der Waals surface area contributed by atoms with E-state index >= 15 is 0 Å². The standard InChI is InChI=1S/C16H22N2O/c1-3-5-7-10-13(4-2)16-17-15(18-19-16)14-11-8-6-9-12-14/h6,8-9,11-13H,3-5,7,10H2,1-2H3. The molecule has 0 saturated carbocycles. The van der Waals surface area contributed by atoms with Gasteiger partial charge in [-0.05, 0) is 12.8 Å². The molecular formula is C16H22N2O. The lowest BCUT2D eigenvalue weighted by Gasteiger charge is -2.08. The van der Waals surface area contributed by atoms with Crippen molar-refractivity contribution < 1.29 is 4.52 Å².